The number of nitrogens with zero attached hydrogens (tertiary/aromatic N) is 3. The molecular weight excluding hydrogens is 305 g/mol. The maximum Gasteiger partial charge on any atom is 0.237 e. The van der Waals surface area contributed by atoms with E-state index in [0.29, 0.717) is 6.54 Å². The predicted molar refractivity (Wildman–Crippen MR) is 93.3 cm³/mol. The zero-order valence-electron chi connectivity index (χ0n) is 14.6. The lowest BCUT2D eigenvalue weighted by atomic mass is 9.95. The van der Waals surface area contributed by atoms with E-state index in [2.05, 4.69) is 16.8 Å². The van der Waals surface area contributed by atoms with Crippen LogP contribution in [0.3, 0.4) is 0 Å². The monoisotopic (exact) mass is 333 g/mol. The van der Waals surface area contributed by atoms with Crippen molar-refractivity contribution >= 4 is 5.91 Å². The third kappa shape index (κ3) is 4.33. The highest BCUT2D eigenvalue weighted by Gasteiger charge is 2.29. The smallest absolute Gasteiger partial charge is 0.237 e. The molecule has 24 heavy (non-hydrogen) atoms. The van der Waals surface area contributed by atoms with Gasteiger partial charge in [0, 0.05) is 19.6 Å². The number of piperidine rings is 1. The molecular formula is C19H28FN3O. The molecule has 0 aliphatic carbocycles. The van der Waals surface area contributed by atoms with Crippen molar-refractivity contribution in [3.05, 3.63) is 35.6 Å². The van der Waals surface area contributed by atoms with Gasteiger partial charge in [0.2, 0.25) is 5.91 Å². The number of rotatable bonds is 3. The van der Waals surface area contributed by atoms with Crippen LogP contribution in [-0.2, 0) is 4.79 Å². The number of halogens is 1. The molecule has 4 nitrogen and oxygen atoms in total. The normalized spacial score (nSPS) is 23.9. The Morgan fingerprint density at radius 2 is 2.00 bits per heavy atom. The molecule has 1 amide bonds. The van der Waals surface area contributed by atoms with Crippen LogP contribution in [0.25, 0.3) is 0 Å². The van der Waals surface area contributed by atoms with Gasteiger partial charge in [-0.3, -0.25) is 9.69 Å². The van der Waals surface area contributed by atoms with Crippen molar-refractivity contribution in [3.8, 4) is 0 Å². The molecule has 5 heteroatoms. The van der Waals surface area contributed by atoms with E-state index in [-0.39, 0.29) is 17.8 Å². The Hall–Kier alpha value is -1.46. The van der Waals surface area contributed by atoms with Crippen molar-refractivity contribution in [1.29, 1.82) is 0 Å². The van der Waals surface area contributed by atoms with Gasteiger partial charge in [0.25, 0.3) is 0 Å². The molecule has 0 radical (unpaired) electrons. The minimum absolute atomic E-state index is 0.0246. The van der Waals surface area contributed by atoms with Crippen molar-refractivity contribution < 1.29 is 9.18 Å². The largest absolute Gasteiger partial charge is 0.335 e. The van der Waals surface area contributed by atoms with E-state index in [1.807, 2.05) is 11.0 Å². The molecule has 0 saturated carbocycles. The fourth-order valence-corrected chi connectivity index (χ4v) is 3.83. The SMILES string of the molecule is CN1CCCN(CC(=O)N2CCCC[C@H]2c2cccc(F)c2)CC1. The van der Waals surface area contributed by atoms with Gasteiger partial charge in [-0.25, -0.2) is 4.39 Å². The number of likely N-dealkylation sites (N-methyl/N-ethyl adjacent to an activating group) is 1. The van der Waals surface area contributed by atoms with Crippen LogP contribution >= 0.6 is 0 Å². The van der Waals surface area contributed by atoms with Gasteiger partial charge in [-0.1, -0.05) is 12.1 Å². The minimum atomic E-state index is -0.221. The molecule has 2 fully saturated rings. The van der Waals surface area contributed by atoms with Crippen molar-refractivity contribution in [2.75, 3.05) is 46.3 Å². The Morgan fingerprint density at radius 1 is 1.12 bits per heavy atom. The summed E-state index contributed by atoms with van der Waals surface area (Å²) in [6.45, 7) is 5.31. The third-order valence-corrected chi connectivity index (χ3v) is 5.23. The summed E-state index contributed by atoms with van der Waals surface area (Å²) in [6.07, 6.45) is 4.18. The van der Waals surface area contributed by atoms with Crippen LogP contribution in [0.4, 0.5) is 4.39 Å². The number of hydrogen-bond acceptors (Lipinski definition) is 3. The number of likely N-dealkylation sites (tertiary alicyclic amines) is 1. The number of benzene rings is 1. The topological polar surface area (TPSA) is 26.8 Å². The van der Waals surface area contributed by atoms with Crippen LogP contribution in [0.1, 0.15) is 37.3 Å². The molecule has 0 unspecified atom stereocenters. The van der Waals surface area contributed by atoms with Crippen molar-refractivity contribution in [3.63, 3.8) is 0 Å². The molecule has 1 atom stereocenters. The average molecular weight is 333 g/mol. The summed E-state index contributed by atoms with van der Waals surface area (Å²) in [5.74, 6) is -0.0328. The maximum atomic E-state index is 13.6. The summed E-state index contributed by atoms with van der Waals surface area (Å²) >= 11 is 0. The molecule has 2 aliphatic heterocycles. The van der Waals surface area contributed by atoms with E-state index in [4.69, 9.17) is 0 Å². The van der Waals surface area contributed by atoms with Crippen LogP contribution in [0.15, 0.2) is 24.3 Å². The molecule has 0 aromatic heterocycles. The Labute approximate surface area is 144 Å². The fraction of sp³-hybridized carbons (Fsp3) is 0.632. The second kappa shape index (κ2) is 8.08. The van der Waals surface area contributed by atoms with Gasteiger partial charge >= 0.3 is 0 Å². The van der Waals surface area contributed by atoms with E-state index < -0.39 is 0 Å². The first-order valence-electron chi connectivity index (χ1n) is 9.09. The lowest BCUT2D eigenvalue weighted by molar-refractivity contribution is -0.136. The van der Waals surface area contributed by atoms with E-state index in [1.165, 1.54) is 6.07 Å². The summed E-state index contributed by atoms with van der Waals surface area (Å²) < 4.78 is 13.6. The summed E-state index contributed by atoms with van der Waals surface area (Å²) in [5, 5.41) is 0. The Bertz CT molecular complexity index is 565. The standard InChI is InChI=1S/C19H28FN3O/c1-21-9-5-10-22(13-12-21)15-19(24)23-11-3-2-8-18(23)16-6-4-7-17(20)14-16/h4,6-7,14,18H,2-3,5,8-13,15H2,1H3/t18-/m0/s1. The summed E-state index contributed by atoms with van der Waals surface area (Å²) in [4.78, 5) is 19.5. The van der Waals surface area contributed by atoms with E-state index in [9.17, 15) is 9.18 Å². The van der Waals surface area contributed by atoms with Gasteiger partial charge < -0.3 is 9.80 Å². The lowest BCUT2D eigenvalue weighted by Gasteiger charge is -2.37. The Morgan fingerprint density at radius 3 is 2.83 bits per heavy atom. The number of amides is 1. The van der Waals surface area contributed by atoms with Gasteiger partial charge in [-0.05, 0) is 63.5 Å². The second-order valence-corrected chi connectivity index (χ2v) is 7.09. The third-order valence-electron chi connectivity index (χ3n) is 5.23. The molecule has 0 N–H and O–H groups in total. The lowest BCUT2D eigenvalue weighted by Crippen LogP contribution is -2.45. The van der Waals surface area contributed by atoms with Crippen LogP contribution in [0.5, 0.6) is 0 Å². The predicted octanol–water partition coefficient (Wildman–Crippen LogP) is 2.52. The molecule has 1 aromatic carbocycles. The zero-order valence-corrected chi connectivity index (χ0v) is 14.6. The quantitative estimate of drug-likeness (QED) is 0.850. The second-order valence-electron chi connectivity index (χ2n) is 7.09. The van der Waals surface area contributed by atoms with Crippen LogP contribution < -0.4 is 0 Å². The average Bonchev–Trinajstić information content (AvgIpc) is 2.79. The van der Waals surface area contributed by atoms with Crippen LogP contribution in [0.2, 0.25) is 0 Å². The number of hydrogen-bond donors (Lipinski definition) is 0. The molecule has 0 spiro atoms. The maximum absolute atomic E-state index is 13.6. The van der Waals surface area contributed by atoms with Gasteiger partial charge in [0.15, 0.2) is 0 Å². The molecule has 0 bridgehead atoms. The highest BCUT2D eigenvalue weighted by Crippen LogP contribution is 2.31. The van der Waals surface area contributed by atoms with E-state index >= 15 is 0 Å². The van der Waals surface area contributed by atoms with Crippen molar-refractivity contribution in [2.45, 2.75) is 31.7 Å². The number of carbonyl (C=O) groups excluding carboxylic acids is 1. The van der Waals surface area contributed by atoms with Gasteiger partial charge in [0.1, 0.15) is 5.82 Å². The van der Waals surface area contributed by atoms with Crippen LogP contribution in [-0.4, -0.2) is 66.9 Å². The van der Waals surface area contributed by atoms with Crippen LogP contribution in [0, 0.1) is 5.82 Å². The van der Waals surface area contributed by atoms with Crippen molar-refractivity contribution in [1.82, 2.24) is 14.7 Å². The highest BCUT2D eigenvalue weighted by atomic mass is 19.1. The first-order valence-corrected chi connectivity index (χ1v) is 9.09. The Kier molecular flexibility index (Phi) is 5.85. The highest BCUT2D eigenvalue weighted by molar-refractivity contribution is 5.79. The van der Waals surface area contributed by atoms with Gasteiger partial charge in [-0.2, -0.15) is 0 Å². The first kappa shape index (κ1) is 17.4. The van der Waals surface area contributed by atoms with E-state index in [1.54, 1.807) is 12.1 Å². The number of carbonyl (C=O) groups is 1. The summed E-state index contributed by atoms with van der Waals surface area (Å²) in [5.41, 5.74) is 0.929. The molecule has 1 aromatic rings. The molecule has 2 heterocycles. The Balaban J connectivity index is 1.67. The minimum Gasteiger partial charge on any atom is -0.335 e. The van der Waals surface area contributed by atoms with Gasteiger partial charge in [-0.15, -0.1) is 0 Å². The summed E-state index contributed by atoms with van der Waals surface area (Å²) in [7, 11) is 2.13. The van der Waals surface area contributed by atoms with Gasteiger partial charge in [0.05, 0.1) is 12.6 Å². The molecule has 132 valence electrons. The van der Waals surface area contributed by atoms with E-state index in [0.717, 1.165) is 64.0 Å². The van der Waals surface area contributed by atoms with Crippen molar-refractivity contribution in [2.24, 2.45) is 0 Å². The summed E-state index contributed by atoms with van der Waals surface area (Å²) in [6, 6.07) is 6.76. The first-order chi connectivity index (χ1) is 11.6. The molecule has 3 rings (SSSR count). The fourth-order valence-electron chi connectivity index (χ4n) is 3.83. The zero-order chi connectivity index (χ0) is 16.9. The molecule has 2 saturated heterocycles. The molecule has 2 aliphatic rings.